The van der Waals surface area contributed by atoms with Crippen molar-refractivity contribution in [3.63, 3.8) is 0 Å². The normalized spacial score (nSPS) is 24.7. The largest absolute Gasteiger partial charge is 0.394 e. The molecule has 2 aromatic rings. The lowest BCUT2D eigenvalue weighted by atomic mass is 9.81. The molecular weight excluding hydrogens is 412 g/mol. The third-order valence-electron chi connectivity index (χ3n) is 7.89. The number of likely N-dealkylation sites (tertiary alicyclic amines) is 1. The van der Waals surface area contributed by atoms with E-state index in [-0.39, 0.29) is 36.7 Å². The van der Waals surface area contributed by atoms with Crippen molar-refractivity contribution in [2.75, 3.05) is 25.1 Å². The number of carbonyl (C=O) groups excluding carboxylic acids is 1. The fourth-order valence-electron chi connectivity index (χ4n) is 6.10. The van der Waals surface area contributed by atoms with Crippen molar-refractivity contribution in [1.82, 2.24) is 10.2 Å². The Morgan fingerprint density at radius 2 is 1.82 bits per heavy atom. The number of benzene rings is 2. The highest BCUT2D eigenvalue weighted by molar-refractivity contribution is 5.78. The molecule has 2 N–H and O–H groups in total. The van der Waals surface area contributed by atoms with Crippen molar-refractivity contribution in [1.29, 1.82) is 5.26 Å². The minimum atomic E-state index is -0.0460. The monoisotopic (exact) mass is 444 g/mol. The van der Waals surface area contributed by atoms with E-state index in [9.17, 15) is 9.90 Å². The fourth-order valence-corrected chi connectivity index (χ4v) is 6.10. The van der Waals surface area contributed by atoms with Gasteiger partial charge in [-0.05, 0) is 60.2 Å². The van der Waals surface area contributed by atoms with Gasteiger partial charge in [0, 0.05) is 31.2 Å². The lowest BCUT2D eigenvalue weighted by molar-refractivity contribution is 0.156. The van der Waals surface area contributed by atoms with Gasteiger partial charge in [0.1, 0.15) is 0 Å². The van der Waals surface area contributed by atoms with Gasteiger partial charge >= 0.3 is 6.03 Å². The fraction of sp³-hybridized carbons (Fsp3) is 0.481. The molecule has 6 heteroatoms. The van der Waals surface area contributed by atoms with Gasteiger partial charge in [0.2, 0.25) is 0 Å². The molecule has 3 atom stereocenters. The van der Waals surface area contributed by atoms with E-state index < -0.39 is 0 Å². The summed E-state index contributed by atoms with van der Waals surface area (Å²) >= 11 is 0. The number of hydrogen-bond acceptors (Lipinski definition) is 4. The van der Waals surface area contributed by atoms with E-state index >= 15 is 0 Å². The zero-order valence-corrected chi connectivity index (χ0v) is 19.2. The average molecular weight is 445 g/mol. The maximum absolute atomic E-state index is 13.4. The molecule has 1 aliphatic carbocycles. The molecule has 0 spiro atoms. The van der Waals surface area contributed by atoms with E-state index in [0.717, 1.165) is 41.6 Å². The number of anilines is 1. The van der Waals surface area contributed by atoms with Crippen LogP contribution in [-0.4, -0.2) is 48.3 Å². The maximum atomic E-state index is 13.4. The summed E-state index contributed by atoms with van der Waals surface area (Å²) in [4.78, 5) is 17.6. The number of aliphatic hydroxyl groups is 1. The zero-order chi connectivity index (χ0) is 22.9. The summed E-state index contributed by atoms with van der Waals surface area (Å²) in [6, 6.07) is 16.5. The van der Waals surface area contributed by atoms with Crippen molar-refractivity contribution < 1.29 is 9.90 Å². The van der Waals surface area contributed by atoms with Crippen LogP contribution >= 0.6 is 0 Å². The number of rotatable bonds is 3. The summed E-state index contributed by atoms with van der Waals surface area (Å²) in [5.41, 5.74) is 4.99. The highest BCUT2D eigenvalue weighted by Gasteiger charge is 2.47. The van der Waals surface area contributed by atoms with Gasteiger partial charge in [0.15, 0.2) is 0 Å². The number of urea groups is 1. The first kappa shape index (κ1) is 21.8. The zero-order valence-electron chi connectivity index (χ0n) is 19.2. The lowest BCUT2D eigenvalue weighted by Gasteiger charge is -2.44. The van der Waals surface area contributed by atoms with E-state index in [0.29, 0.717) is 12.1 Å². The molecule has 6 nitrogen and oxygen atoms in total. The van der Waals surface area contributed by atoms with Crippen molar-refractivity contribution in [3.05, 3.63) is 53.6 Å². The standard InChI is InChI=1S/C27H32N4O2/c1-30-24-12-11-20(19-9-7-18(16-28)8-10-19)15-23(24)26-22(25(30)17-32)13-14-31(26)27(33)29-21-5-3-2-4-6-21/h7-12,15,21-22,25-26,32H,2-6,13-14,17H2,1H3,(H,29,33)/t22-,25+,26-/m0/s1. The van der Waals surface area contributed by atoms with Crippen LogP contribution in [0.2, 0.25) is 0 Å². The summed E-state index contributed by atoms with van der Waals surface area (Å²) in [5.74, 6) is 0.195. The second-order valence-corrected chi connectivity index (χ2v) is 9.70. The average Bonchev–Trinajstić information content (AvgIpc) is 3.30. The van der Waals surface area contributed by atoms with Crippen molar-refractivity contribution in [2.45, 2.75) is 56.7 Å². The first-order valence-electron chi connectivity index (χ1n) is 12.2. The number of nitriles is 1. The Bertz CT molecular complexity index is 1050. The van der Waals surface area contributed by atoms with Crippen LogP contribution in [-0.2, 0) is 0 Å². The number of carbonyl (C=O) groups is 1. The van der Waals surface area contributed by atoms with Crippen LogP contribution in [0.4, 0.5) is 10.5 Å². The first-order valence-corrected chi connectivity index (χ1v) is 12.2. The van der Waals surface area contributed by atoms with Crippen LogP contribution in [0.15, 0.2) is 42.5 Å². The minimum Gasteiger partial charge on any atom is -0.394 e. The summed E-state index contributed by atoms with van der Waals surface area (Å²) < 4.78 is 0. The van der Waals surface area contributed by atoms with Gasteiger partial charge in [-0.25, -0.2) is 4.79 Å². The molecule has 3 aliphatic rings. The first-order chi connectivity index (χ1) is 16.1. The van der Waals surface area contributed by atoms with Gasteiger partial charge in [0.25, 0.3) is 0 Å². The third kappa shape index (κ3) is 3.95. The van der Waals surface area contributed by atoms with Crippen LogP contribution in [0.5, 0.6) is 0 Å². The number of fused-ring (bicyclic) bond motifs is 3. The molecule has 0 radical (unpaired) electrons. The molecule has 0 aromatic heterocycles. The van der Waals surface area contributed by atoms with E-state index in [1.807, 2.05) is 36.2 Å². The maximum Gasteiger partial charge on any atom is 0.318 e. The summed E-state index contributed by atoms with van der Waals surface area (Å²) in [6.07, 6.45) is 6.65. The molecule has 2 aromatic carbocycles. The molecule has 0 unspecified atom stereocenters. The van der Waals surface area contributed by atoms with E-state index in [1.165, 1.54) is 19.3 Å². The molecule has 172 valence electrons. The molecule has 33 heavy (non-hydrogen) atoms. The molecule has 2 fully saturated rings. The van der Waals surface area contributed by atoms with E-state index in [2.05, 4.69) is 34.5 Å². The van der Waals surface area contributed by atoms with Crippen LogP contribution in [0.3, 0.4) is 0 Å². The summed E-state index contributed by atoms with van der Waals surface area (Å²) in [7, 11) is 2.04. The highest BCUT2D eigenvalue weighted by atomic mass is 16.3. The van der Waals surface area contributed by atoms with Gasteiger partial charge < -0.3 is 20.2 Å². The second-order valence-electron chi connectivity index (χ2n) is 9.70. The number of hydrogen-bond donors (Lipinski definition) is 2. The van der Waals surface area contributed by atoms with Crippen LogP contribution in [0.1, 0.15) is 55.7 Å². The molecule has 2 aliphatic heterocycles. The minimum absolute atomic E-state index is 0.00394. The molecular formula is C27H32N4O2. The van der Waals surface area contributed by atoms with Gasteiger partial charge in [-0.15, -0.1) is 0 Å². The lowest BCUT2D eigenvalue weighted by Crippen LogP contribution is -2.50. The molecule has 2 heterocycles. The van der Waals surface area contributed by atoms with Crippen LogP contribution < -0.4 is 10.2 Å². The van der Waals surface area contributed by atoms with Crippen molar-refractivity contribution in [3.8, 4) is 17.2 Å². The Balaban J connectivity index is 1.49. The number of aliphatic hydroxyl groups excluding tert-OH is 1. The predicted molar refractivity (Wildman–Crippen MR) is 129 cm³/mol. The number of amides is 2. The van der Waals surface area contributed by atoms with Gasteiger partial charge in [-0.3, -0.25) is 0 Å². The Hall–Kier alpha value is -3.04. The number of likely N-dealkylation sites (N-methyl/N-ethyl adjacent to an activating group) is 1. The quantitative estimate of drug-likeness (QED) is 0.733. The van der Waals surface area contributed by atoms with Crippen LogP contribution in [0.25, 0.3) is 11.1 Å². The third-order valence-corrected chi connectivity index (χ3v) is 7.89. The van der Waals surface area contributed by atoms with Crippen molar-refractivity contribution in [2.24, 2.45) is 5.92 Å². The Morgan fingerprint density at radius 1 is 1.09 bits per heavy atom. The topological polar surface area (TPSA) is 79.6 Å². The summed E-state index contributed by atoms with van der Waals surface area (Å²) in [5, 5.41) is 22.6. The molecule has 0 bridgehead atoms. The molecule has 2 amide bonds. The van der Waals surface area contributed by atoms with Gasteiger partial charge in [0.05, 0.1) is 30.3 Å². The Morgan fingerprint density at radius 3 is 2.52 bits per heavy atom. The van der Waals surface area contributed by atoms with Gasteiger partial charge in [-0.2, -0.15) is 5.26 Å². The van der Waals surface area contributed by atoms with E-state index in [1.54, 1.807) is 0 Å². The predicted octanol–water partition coefficient (Wildman–Crippen LogP) is 4.44. The summed E-state index contributed by atoms with van der Waals surface area (Å²) in [6.45, 7) is 0.783. The molecule has 1 saturated heterocycles. The second kappa shape index (κ2) is 9.07. The molecule has 1 saturated carbocycles. The highest BCUT2D eigenvalue weighted by Crippen LogP contribution is 2.49. The SMILES string of the molecule is CN1c2ccc(-c3ccc(C#N)cc3)cc2[C@@H]2[C@@H](CCN2C(=O)NC2CCCCC2)[C@H]1CO. The smallest absolute Gasteiger partial charge is 0.318 e. The Kier molecular flexibility index (Phi) is 5.99. The van der Waals surface area contributed by atoms with E-state index in [4.69, 9.17) is 5.26 Å². The van der Waals surface area contributed by atoms with Crippen LogP contribution in [0, 0.1) is 17.2 Å². The van der Waals surface area contributed by atoms with Gasteiger partial charge in [-0.1, -0.05) is 37.5 Å². The Labute approximate surface area is 195 Å². The molecule has 5 rings (SSSR count). The number of nitrogens with zero attached hydrogens (tertiary/aromatic N) is 3. The van der Waals surface area contributed by atoms with Crippen molar-refractivity contribution >= 4 is 11.7 Å². The number of nitrogens with one attached hydrogen (secondary N) is 1.